The highest BCUT2D eigenvalue weighted by Crippen LogP contribution is 2.09. The third-order valence-corrected chi connectivity index (χ3v) is 4.86. The number of quaternary nitrogens is 1. The van der Waals surface area contributed by atoms with Crippen molar-refractivity contribution in [2.75, 3.05) is 26.3 Å². The number of carbonyl (C=O) groups excluding carboxylic acids is 2. The molecule has 0 atom stereocenters. The lowest BCUT2D eigenvalue weighted by Gasteiger charge is -2.24. The zero-order chi connectivity index (χ0) is 20.5. The Balaban J connectivity index is 1.68. The molecular weight excluding hydrogens is 366 g/mol. The van der Waals surface area contributed by atoms with E-state index in [1.54, 1.807) is 6.08 Å². The molecule has 0 aliphatic carbocycles. The van der Waals surface area contributed by atoms with Gasteiger partial charge in [0, 0.05) is 19.0 Å². The van der Waals surface area contributed by atoms with E-state index in [-0.39, 0.29) is 17.5 Å². The molecule has 3 N–H and O–H groups in total. The van der Waals surface area contributed by atoms with Crippen LogP contribution in [0, 0.1) is 0 Å². The highest BCUT2D eigenvalue weighted by atomic mass is 16.5. The first-order chi connectivity index (χ1) is 14.1. The maximum atomic E-state index is 12.7. The fraction of sp³-hybridized carbons (Fsp3) is 0.304. The molecule has 0 aromatic heterocycles. The Kier molecular flexibility index (Phi) is 7.55. The SMILES string of the molecule is CC(=O)N/C(=C\c1ccccc1)C(=O)NCc1ccccc1C[NH+]1CCOCC1. The Morgan fingerprint density at radius 3 is 2.34 bits per heavy atom. The molecule has 3 rings (SSSR count). The first kappa shape index (κ1) is 20.8. The summed E-state index contributed by atoms with van der Waals surface area (Å²) in [6.07, 6.45) is 1.68. The summed E-state index contributed by atoms with van der Waals surface area (Å²) >= 11 is 0. The van der Waals surface area contributed by atoms with Gasteiger partial charge in [-0.1, -0.05) is 54.6 Å². The molecule has 1 saturated heterocycles. The average Bonchev–Trinajstić information content (AvgIpc) is 2.73. The second-order valence-corrected chi connectivity index (χ2v) is 7.14. The Hall–Kier alpha value is -2.96. The third-order valence-electron chi connectivity index (χ3n) is 4.86. The van der Waals surface area contributed by atoms with E-state index in [2.05, 4.69) is 16.7 Å². The fourth-order valence-electron chi connectivity index (χ4n) is 3.34. The lowest BCUT2D eigenvalue weighted by molar-refractivity contribution is -0.921. The minimum atomic E-state index is -0.308. The molecule has 29 heavy (non-hydrogen) atoms. The quantitative estimate of drug-likeness (QED) is 0.611. The summed E-state index contributed by atoms with van der Waals surface area (Å²) in [7, 11) is 0. The number of rotatable bonds is 7. The van der Waals surface area contributed by atoms with Crippen LogP contribution in [0.15, 0.2) is 60.3 Å². The van der Waals surface area contributed by atoms with Crippen LogP contribution in [0.4, 0.5) is 0 Å². The maximum Gasteiger partial charge on any atom is 0.268 e. The van der Waals surface area contributed by atoms with Gasteiger partial charge < -0.3 is 20.3 Å². The number of hydrogen-bond donors (Lipinski definition) is 3. The number of ether oxygens (including phenoxy) is 1. The van der Waals surface area contributed by atoms with Crippen LogP contribution < -0.4 is 15.5 Å². The van der Waals surface area contributed by atoms with Crippen molar-refractivity contribution in [3.63, 3.8) is 0 Å². The van der Waals surface area contributed by atoms with Gasteiger partial charge in [0.05, 0.1) is 13.2 Å². The smallest absolute Gasteiger partial charge is 0.268 e. The molecule has 2 amide bonds. The zero-order valence-corrected chi connectivity index (χ0v) is 16.7. The third kappa shape index (κ3) is 6.55. The van der Waals surface area contributed by atoms with Gasteiger partial charge in [-0.05, 0) is 17.2 Å². The summed E-state index contributed by atoms with van der Waals surface area (Å²) in [6.45, 7) is 6.28. The molecule has 6 nitrogen and oxygen atoms in total. The van der Waals surface area contributed by atoms with Gasteiger partial charge >= 0.3 is 0 Å². The molecule has 2 aromatic rings. The van der Waals surface area contributed by atoms with E-state index in [0.717, 1.165) is 44.0 Å². The van der Waals surface area contributed by atoms with Gasteiger partial charge in [0.2, 0.25) is 5.91 Å². The molecule has 6 heteroatoms. The van der Waals surface area contributed by atoms with E-state index in [4.69, 9.17) is 4.74 Å². The van der Waals surface area contributed by atoms with Crippen molar-refractivity contribution in [1.29, 1.82) is 0 Å². The summed E-state index contributed by atoms with van der Waals surface area (Å²) < 4.78 is 5.43. The summed E-state index contributed by atoms with van der Waals surface area (Å²) in [5.74, 6) is -0.587. The number of amides is 2. The van der Waals surface area contributed by atoms with Gasteiger partial charge in [-0.15, -0.1) is 0 Å². The molecule has 1 aliphatic rings. The first-order valence-corrected chi connectivity index (χ1v) is 9.92. The van der Waals surface area contributed by atoms with E-state index >= 15 is 0 Å². The summed E-state index contributed by atoms with van der Waals surface area (Å²) in [5, 5.41) is 5.58. The standard InChI is InChI=1S/C23H27N3O3/c1-18(27)25-22(15-19-7-3-2-4-8-19)23(28)24-16-20-9-5-6-10-21(20)17-26-11-13-29-14-12-26/h2-10,15H,11-14,16-17H2,1H3,(H,24,28)(H,25,27)/p+1/b22-15-. The molecule has 1 aliphatic heterocycles. The van der Waals surface area contributed by atoms with E-state index in [9.17, 15) is 9.59 Å². The van der Waals surface area contributed by atoms with Crippen LogP contribution in [0.5, 0.6) is 0 Å². The predicted molar refractivity (Wildman–Crippen MR) is 112 cm³/mol. The van der Waals surface area contributed by atoms with Crippen molar-refractivity contribution in [2.45, 2.75) is 20.0 Å². The summed E-state index contributed by atoms with van der Waals surface area (Å²) in [6, 6.07) is 17.6. The highest BCUT2D eigenvalue weighted by Gasteiger charge is 2.17. The molecule has 1 fully saturated rings. The van der Waals surface area contributed by atoms with Gasteiger partial charge in [-0.2, -0.15) is 0 Å². The Labute approximate surface area is 171 Å². The van der Waals surface area contributed by atoms with Crippen molar-refractivity contribution in [2.24, 2.45) is 0 Å². The van der Waals surface area contributed by atoms with E-state index < -0.39 is 0 Å². The van der Waals surface area contributed by atoms with E-state index in [1.165, 1.54) is 17.4 Å². The van der Waals surface area contributed by atoms with Gasteiger partial charge in [0.15, 0.2) is 0 Å². The second kappa shape index (κ2) is 10.5. The zero-order valence-electron chi connectivity index (χ0n) is 16.7. The molecule has 2 aromatic carbocycles. The molecule has 0 spiro atoms. The maximum absolute atomic E-state index is 12.7. The van der Waals surface area contributed by atoms with Gasteiger partial charge in [0.25, 0.3) is 5.91 Å². The van der Waals surface area contributed by atoms with Crippen molar-refractivity contribution in [3.05, 3.63) is 77.0 Å². The van der Waals surface area contributed by atoms with E-state index in [1.807, 2.05) is 48.5 Å². The Morgan fingerprint density at radius 2 is 1.66 bits per heavy atom. The van der Waals surface area contributed by atoms with Crippen molar-refractivity contribution in [1.82, 2.24) is 10.6 Å². The Morgan fingerprint density at radius 1 is 1.00 bits per heavy atom. The van der Waals surface area contributed by atoms with Crippen LogP contribution in [-0.2, 0) is 27.4 Å². The number of benzene rings is 2. The van der Waals surface area contributed by atoms with Crippen molar-refractivity contribution >= 4 is 17.9 Å². The van der Waals surface area contributed by atoms with E-state index in [0.29, 0.717) is 6.54 Å². The predicted octanol–water partition coefficient (Wildman–Crippen LogP) is 0.895. The lowest BCUT2D eigenvalue weighted by atomic mass is 10.1. The number of hydrogen-bond acceptors (Lipinski definition) is 3. The second-order valence-electron chi connectivity index (χ2n) is 7.14. The fourth-order valence-corrected chi connectivity index (χ4v) is 3.34. The number of carbonyl (C=O) groups is 2. The van der Waals surface area contributed by atoms with Crippen molar-refractivity contribution < 1.29 is 19.2 Å². The number of morpholine rings is 1. The van der Waals surface area contributed by atoms with Crippen LogP contribution in [-0.4, -0.2) is 38.1 Å². The summed E-state index contributed by atoms with van der Waals surface area (Å²) in [4.78, 5) is 25.8. The average molecular weight is 394 g/mol. The topological polar surface area (TPSA) is 71.9 Å². The molecule has 0 bridgehead atoms. The minimum Gasteiger partial charge on any atom is -0.370 e. The minimum absolute atomic E-state index is 0.236. The molecule has 152 valence electrons. The van der Waals surface area contributed by atoms with Crippen LogP contribution in [0.1, 0.15) is 23.6 Å². The molecule has 1 heterocycles. The summed E-state index contributed by atoms with van der Waals surface area (Å²) in [5.41, 5.74) is 3.39. The Bertz CT molecular complexity index is 859. The van der Waals surface area contributed by atoms with Crippen LogP contribution in [0.25, 0.3) is 6.08 Å². The number of nitrogens with one attached hydrogen (secondary N) is 3. The van der Waals surface area contributed by atoms with Gasteiger partial charge in [-0.25, -0.2) is 0 Å². The molecule has 0 saturated carbocycles. The van der Waals surface area contributed by atoms with Crippen LogP contribution in [0.3, 0.4) is 0 Å². The molecular formula is C23H28N3O3+. The lowest BCUT2D eigenvalue weighted by Crippen LogP contribution is -3.12. The molecule has 0 unspecified atom stereocenters. The van der Waals surface area contributed by atoms with Crippen molar-refractivity contribution in [3.8, 4) is 0 Å². The van der Waals surface area contributed by atoms with Gasteiger partial charge in [0.1, 0.15) is 25.3 Å². The first-order valence-electron chi connectivity index (χ1n) is 9.92. The van der Waals surface area contributed by atoms with Crippen LogP contribution in [0.2, 0.25) is 0 Å². The largest absolute Gasteiger partial charge is 0.370 e. The van der Waals surface area contributed by atoms with Gasteiger partial charge in [-0.3, -0.25) is 9.59 Å². The van der Waals surface area contributed by atoms with Crippen LogP contribution >= 0.6 is 0 Å². The monoisotopic (exact) mass is 394 g/mol. The highest BCUT2D eigenvalue weighted by molar-refractivity contribution is 6.00. The molecule has 0 radical (unpaired) electrons. The normalized spacial score (nSPS) is 15.0.